The molecule has 0 spiro atoms. The molecule has 1 aliphatic carbocycles. The topological polar surface area (TPSA) is 52.5 Å². The van der Waals surface area contributed by atoms with Crippen molar-refractivity contribution in [2.75, 3.05) is 6.54 Å². The van der Waals surface area contributed by atoms with E-state index in [1.165, 1.54) is 6.42 Å². The molecule has 1 aliphatic rings. The SMILES string of the molecule is CCC(NCC1CCCCC1O)c1cc(Br)ccc1O. The normalized spacial score (nSPS) is 24.6. The van der Waals surface area contributed by atoms with Crippen LogP contribution >= 0.6 is 15.9 Å². The highest BCUT2D eigenvalue weighted by atomic mass is 79.9. The first-order valence-corrected chi connectivity index (χ1v) is 8.31. The van der Waals surface area contributed by atoms with E-state index in [2.05, 4.69) is 28.2 Å². The van der Waals surface area contributed by atoms with Crippen LogP contribution in [0.25, 0.3) is 0 Å². The van der Waals surface area contributed by atoms with E-state index in [1.54, 1.807) is 6.07 Å². The Balaban J connectivity index is 1.99. The highest BCUT2D eigenvalue weighted by Gasteiger charge is 2.24. The maximum absolute atomic E-state index is 10.0. The minimum absolute atomic E-state index is 0.127. The highest BCUT2D eigenvalue weighted by molar-refractivity contribution is 9.10. The smallest absolute Gasteiger partial charge is 0.120 e. The summed E-state index contributed by atoms with van der Waals surface area (Å²) >= 11 is 3.45. The van der Waals surface area contributed by atoms with Crippen LogP contribution in [0.3, 0.4) is 0 Å². The summed E-state index contributed by atoms with van der Waals surface area (Å²) in [6.45, 7) is 2.92. The predicted octanol–water partition coefficient (Wildman–Crippen LogP) is 3.75. The van der Waals surface area contributed by atoms with Crippen molar-refractivity contribution in [1.29, 1.82) is 0 Å². The molecule has 3 unspecified atom stereocenters. The van der Waals surface area contributed by atoms with Gasteiger partial charge in [-0.2, -0.15) is 0 Å². The quantitative estimate of drug-likeness (QED) is 0.764. The summed E-state index contributed by atoms with van der Waals surface area (Å²) in [5.41, 5.74) is 0.923. The number of hydrogen-bond donors (Lipinski definition) is 3. The Bertz CT molecular complexity index is 438. The molecule has 3 atom stereocenters. The lowest BCUT2D eigenvalue weighted by atomic mass is 9.86. The van der Waals surface area contributed by atoms with Crippen molar-refractivity contribution >= 4 is 15.9 Å². The highest BCUT2D eigenvalue weighted by Crippen LogP contribution is 2.30. The maximum atomic E-state index is 10.0. The summed E-state index contributed by atoms with van der Waals surface area (Å²) in [6.07, 6.45) is 5.10. The lowest BCUT2D eigenvalue weighted by molar-refractivity contribution is 0.0679. The molecule has 1 aromatic carbocycles. The first-order valence-electron chi connectivity index (χ1n) is 7.51. The zero-order chi connectivity index (χ0) is 14.5. The monoisotopic (exact) mass is 341 g/mol. The molecule has 112 valence electrons. The van der Waals surface area contributed by atoms with Gasteiger partial charge in [-0.15, -0.1) is 0 Å². The Morgan fingerprint density at radius 1 is 1.35 bits per heavy atom. The van der Waals surface area contributed by atoms with Crippen molar-refractivity contribution in [2.45, 2.75) is 51.2 Å². The predicted molar refractivity (Wildman–Crippen MR) is 84.8 cm³/mol. The molecule has 1 aromatic rings. The second-order valence-electron chi connectivity index (χ2n) is 5.68. The fourth-order valence-electron chi connectivity index (χ4n) is 3.00. The van der Waals surface area contributed by atoms with Crippen LogP contribution in [0, 0.1) is 5.92 Å². The van der Waals surface area contributed by atoms with Crippen LogP contribution in [0.1, 0.15) is 50.6 Å². The van der Waals surface area contributed by atoms with E-state index in [-0.39, 0.29) is 12.1 Å². The zero-order valence-electron chi connectivity index (χ0n) is 12.0. The number of aromatic hydroxyl groups is 1. The number of aliphatic hydroxyl groups excluding tert-OH is 1. The van der Waals surface area contributed by atoms with Crippen LogP contribution in [0.4, 0.5) is 0 Å². The number of hydrogen-bond acceptors (Lipinski definition) is 3. The Hall–Kier alpha value is -0.580. The molecule has 4 heteroatoms. The fourth-order valence-corrected chi connectivity index (χ4v) is 3.38. The first-order chi connectivity index (χ1) is 9.61. The van der Waals surface area contributed by atoms with E-state index in [1.807, 2.05) is 12.1 Å². The molecule has 3 nitrogen and oxygen atoms in total. The number of benzene rings is 1. The van der Waals surface area contributed by atoms with Gasteiger partial charge in [0.05, 0.1) is 6.10 Å². The Morgan fingerprint density at radius 2 is 2.10 bits per heavy atom. The number of aliphatic hydroxyl groups is 1. The van der Waals surface area contributed by atoms with E-state index < -0.39 is 0 Å². The lowest BCUT2D eigenvalue weighted by Crippen LogP contribution is -2.35. The standard InChI is InChI=1S/C16H24BrNO2/c1-2-14(13-9-12(17)7-8-16(13)20)18-10-11-5-3-4-6-15(11)19/h7-9,11,14-15,18-20H,2-6,10H2,1H3. The molecule has 0 aliphatic heterocycles. The van der Waals surface area contributed by atoms with Crippen LogP contribution in [-0.2, 0) is 0 Å². The molecular weight excluding hydrogens is 318 g/mol. The number of phenolic OH excluding ortho intramolecular Hbond substituents is 1. The first kappa shape index (κ1) is 15.8. The van der Waals surface area contributed by atoms with Gasteiger partial charge in [-0.05, 0) is 43.4 Å². The summed E-state index contributed by atoms with van der Waals surface area (Å²) in [5, 5.41) is 23.6. The third-order valence-corrected chi connectivity index (χ3v) is 4.76. The van der Waals surface area contributed by atoms with Gasteiger partial charge in [0.1, 0.15) is 5.75 Å². The Kier molecular flexibility index (Phi) is 5.87. The van der Waals surface area contributed by atoms with E-state index in [4.69, 9.17) is 0 Å². The van der Waals surface area contributed by atoms with E-state index >= 15 is 0 Å². The van der Waals surface area contributed by atoms with Crippen molar-refractivity contribution in [3.63, 3.8) is 0 Å². The summed E-state index contributed by atoms with van der Waals surface area (Å²) < 4.78 is 0.975. The maximum Gasteiger partial charge on any atom is 0.120 e. The second kappa shape index (κ2) is 7.43. The Labute approximate surface area is 129 Å². The van der Waals surface area contributed by atoms with Gasteiger partial charge in [-0.25, -0.2) is 0 Å². The van der Waals surface area contributed by atoms with Gasteiger partial charge in [-0.3, -0.25) is 0 Å². The number of halogens is 1. The molecule has 0 radical (unpaired) electrons. The van der Waals surface area contributed by atoms with Crippen molar-refractivity contribution in [3.8, 4) is 5.75 Å². The molecule has 0 aromatic heterocycles. The molecule has 0 bridgehead atoms. The largest absolute Gasteiger partial charge is 0.508 e. The molecule has 2 rings (SSSR count). The van der Waals surface area contributed by atoms with Crippen LogP contribution < -0.4 is 5.32 Å². The van der Waals surface area contributed by atoms with Crippen molar-refractivity contribution in [3.05, 3.63) is 28.2 Å². The summed E-state index contributed by atoms with van der Waals surface area (Å²) in [7, 11) is 0. The van der Waals surface area contributed by atoms with E-state index in [9.17, 15) is 10.2 Å². The van der Waals surface area contributed by atoms with Crippen LogP contribution in [0.5, 0.6) is 5.75 Å². The molecule has 1 fully saturated rings. The van der Waals surface area contributed by atoms with Gasteiger partial charge in [-0.1, -0.05) is 35.7 Å². The van der Waals surface area contributed by atoms with Crippen molar-refractivity contribution in [2.24, 2.45) is 5.92 Å². The zero-order valence-corrected chi connectivity index (χ0v) is 13.6. The van der Waals surface area contributed by atoms with Crippen LogP contribution in [-0.4, -0.2) is 22.9 Å². The fraction of sp³-hybridized carbons (Fsp3) is 0.625. The third-order valence-electron chi connectivity index (χ3n) is 4.27. The van der Waals surface area contributed by atoms with Crippen LogP contribution in [0.15, 0.2) is 22.7 Å². The van der Waals surface area contributed by atoms with Gasteiger partial charge in [0.25, 0.3) is 0 Å². The number of rotatable bonds is 5. The van der Waals surface area contributed by atoms with Crippen molar-refractivity contribution < 1.29 is 10.2 Å². The number of nitrogens with one attached hydrogen (secondary N) is 1. The summed E-state index contributed by atoms with van der Waals surface area (Å²) in [4.78, 5) is 0. The lowest BCUT2D eigenvalue weighted by Gasteiger charge is -2.29. The molecule has 0 saturated heterocycles. The molecule has 3 N–H and O–H groups in total. The molecule has 1 saturated carbocycles. The molecule has 0 amide bonds. The van der Waals surface area contributed by atoms with Gasteiger partial charge < -0.3 is 15.5 Å². The van der Waals surface area contributed by atoms with Crippen LogP contribution in [0.2, 0.25) is 0 Å². The third kappa shape index (κ3) is 3.96. The second-order valence-corrected chi connectivity index (χ2v) is 6.60. The van der Waals surface area contributed by atoms with Gasteiger partial charge in [0.15, 0.2) is 0 Å². The van der Waals surface area contributed by atoms with E-state index in [0.717, 1.165) is 42.3 Å². The van der Waals surface area contributed by atoms with Gasteiger partial charge in [0.2, 0.25) is 0 Å². The van der Waals surface area contributed by atoms with Gasteiger partial charge >= 0.3 is 0 Å². The Morgan fingerprint density at radius 3 is 2.80 bits per heavy atom. The average molecular weight is 342 g/mol. The minimum atomic E-state index is -0.176. The molecule has 0 heterocycles. The summed E-state index contributed by atoms with van der Waals surface area (Å²) in [5.74, 6) is 0.670. The molecule has 20 heavy (non-hydrogen) atoms. The number of phenols is 1. The van der Waals surface area contributed by atoms with Gasteiger partial charge in [0, 0.05) is 22.6 Å². The molecular formula is C16H24BrNO2. The van der Waals surface area contributed by atoms with E-state index in [0.29, 0.717) is 11.7 Å². The average Bonchev–Trinajstić information content (AvgIpc) is 2.45. The summed E-state index contributed by atoms with van der Waals surface area (Å²) in [6, 6.07) is 5.66. The van der Waals surface area contributed by atoms with Crippen molar-refractivity contribution in [1.82, 2.24) is 5.32 Å². The minimum Gasteiger partial charge on any atom is -0.508 e.